The average Bonchev–Trinajstić information content (AvgIpc) is 1.61. The second-order valence-corrected chi connectivity index (χ2v) is 1.43. The zero-order valence-electron chi connectivity index (χ0n) is 4.78. The maximum Gasteiger partial charge on any atom is 0.0431 e. The fourth-order valence-electron chi connectivity index (χ4n) is 0.362. The van der Waals surface area contributed by atoms with Gasteiger partial charge in [0, 0.05) is 28.3 Å². The quantitative estimate of drug-likeness (QED) is 0.456. The number of unbranched alkanes of at least 4 members (excludes halogenated alkanes) is 2. The second kappa shape index (κ2) is 9.84. The van der Waals surface area contributed by atoms with Gasteiger partial charge in [-0.2, -0.15) is 0 Å². The van der Waals surface area contributed by atoms with Gasteiger partial charge in [0.25, 0.3) is 0 Å². The Balaban J connectivity index is 0. The van der Waals surface area contributed by atoms with E-state index in [1.807, 2.05) is 0 Å². The maximum atomic E-state index is 8.20. The van der Waals surface area contributed by atoms with Gasteiger partial charge < -0.3 is 5.11 Å². The van der Waals surface area contributed by atoms with Crippen LogP contribution in [0.2, 0.25) is 0 Å². The van der Waals surface area contributed by atoms with Crippen LogP contribution in [0.4, 0.5) is 0 Å². The summed E-state index contributed by atoms with van der Waals surface area (Å²) < 4.78 is 0. The third-order valence-corrected chi connectivity index (χ3v) is 0.762. The summed E-state index contributed by atoms with van der Waals surface area (Å²) in [4.78, 5) is 0. The summed E-state index contributed by atoms with van der Waals surface area (Å²) in [6, 6.07) is 0. The molecule has 0 unspecified atom stereocenters. The molecule has 0 aromatic heterocycles. The standard InChI is InChI=1S/C5H12O.Ti/c1-2-3-4-5-6;/h6H,2-5H2,1H3;. The summed E-state index contributed by atoms with van der Waals surface area (Å²) in [5, 5.41) is 8.20. The summed E-state index contributed by atoms with van der Waals surface area (Å²) in [7, 11) is 0. The first-order valence-electron chi connectivity index (χ1n) is 2.52. The number of hydrogen-bond acceptors (Lipinski definition) is 1. The molecule has 7 heavy (non-hydrogen) atoms. The van der Waals surface area contributed by atoms with Crippen LogP contribution in [0.15, 0.2) is 0 Å². The molecule has 0 amide bonds. The van der Waals surface area contributed by atoms with Crippen LogP contribution in [0.1, 0.15) is 26.2 Å². The number of rotatable bonds is 3. The van der Waals surface area contributed by atoms with Crippen LogP contribution >= 0.6 is 0 Å². The molecule has 42 valence electrons. The molecule has 0 atom stereocenters. The molecule has 0 fully saturated rings. The van der Waals surface area contributed by atoms with Crippen molar-refractivity contribution < 1.29 is 26.8 Å². The van der Waals surface area contributed by atoms with Crippen LogP contribution in [0.3, 0.4) is 0 Å². The van der Waals surface area contributed by atoms with E-state index in [1.165, 1.54) is 6.42 Å². The van der Waals surface area contributed by atoms with Gasteiger partial charge in [-0.25, -0.2) is 0 Å². The fourth-order valence-corrected chi connectivity index (χ4v) is 0.362. The summed E-state index contributed by atoms with van der Waals surface area (Å²) >= 11 is 0. The summed E-state index contributed by atoms with van der Waals surface area (Å²) in [5.41, 5.74) is 0. The van der Waals surface area contributed by atoms with Gasteiger partial charge in [0.2, 0.25) is 0 Å². The Kier molecular flexibility index (Phi) is 14.9. The predicted octanol–water partition coefficient (Wildman–Crippen LogP) is 1.17. The number of hydrogen-bond donors (Lipinski definition) is 1. The number of aliphatic hydroxyl groups is 1. The first-order valence-corrected chi connectivity index (χ1v) is 2.52. The minimum Gasteiger partial charge on any atom is -0.396 e. The molecule has 0 aliphatic carbocycles. The first kappa shape index (κ1) is 10.6. The zero-order valence-corrected chi connectivity index (χ0v) is 6.34. The van der Waals surface area contributed by atoms with Crippen molar-refractivity contribution in [1.29, 1.82) is 0 Å². The molecule has 1 N–H and O–H groups in total. The van der Waals surface area contributed by atoms with E-state index in [1.54, 1.807) is 0 Å². The van der Waals surface area contributed by atoms with Gasteiger partial charge in [0.05, 0.1) is 0 Å². The van der Waals surface area contributed by atoms with E-state index in [0.29, 0.717) is 6.61 Å². The summed E-state index contributed by atoms with van der Waals surface area (Å²) in [5.74, 6) is 0. The van der Waals surface area contributed by atoms with E-state index in [0.717, 1.165) is 12.8 Å². The zero-order chi connectivity index (χ0) is 4.83. The Labute approximate surface area is 60.0 Å². The van der Waals surface area contributed by atoms with E-state index in [2.05, 4.69) is 6.92 Å². The van der Waals surface area contributed by atoms with E-state index < -0.39 is 0 Å². The van der Waals surface area contributed by atoms with Gasteiger partial charge in [-0.15, -0.1) is 0 Å². The van der Waals surface area contributed by atoms with E-state index >= 15 is 0 Å². The molecule has 0 rings (SSSR count). The monoisotopic (exact) mass is 136 g/mol. The first-order chi connectivity index (χ1) is 2.91. The Morgan fingerprint density at radius 1 is 1.29 bits per heavy atom. The minimum absolute atomic E-state index is 0. The molecule has 0 saturated heterocycles. The van der Waals surface area contributed by atoms with Gasteiger partial charge in [0.15, 0.2) is 0 Å². The van der Waals surface area contributed by atoms with E-state index in [-0.39, 0.29) is 21.7 Å². The molecular weight excluding hydrogens is 124 g/mol. The van der Waals surface area contributed by atoms with Crippen molar-refractivity contribution in [3.05, 3.63) is 0 Å². The van der Waals surface area contributed by atoms with Crippen LogP contribution in [0, 0.1) is 0 Å². The van der Waals surface area contributed by atoms with Crippen LogP contribution in [0.25, 0.3) is 0 Å². The molecule has 0 aliphatic heterocycles. The summed E-state index contributed by atoms with van der Waals surface area (Å²) in [6.45, 7) is 2.48. The SMILES string of the molecule is CCCCCO.[Ti]. The van der Waals surface area contributed by atoms with Crippen LogP contribution < -0.4 is 0 Å². The van der Waals surface area contributed by atoms with Gasteiger partial charge in [-0.05, 0) is 6.42 Å². The van der Waals surface area contributed by atoms with Crippen LogP contribution in [0.5, 0.6) is 0 Å². The molecule has 0 heterocycles. The van der Waals surface area contributed by atoms with E-state index in [4.69, 9.17) is 5.11 Å². The van der Waals surface area contributed by atoms with Gasteiger partial charge in [-0.1, -0.05) is 19.8 Å². The van der Waals surface area contributed by atoms with Crippen molar-refractivity contribution in [1.82, 2.24) is 0 Å². The number of aliphatic hydroxyl groups excluding tert-OH is 1. The van der Waals surface area contributed by atoms with Crippen LogP contribution in [-0.2, 0) is 21.7 Å². The largest absolute Gasteiger partial charge is 0.396 e. The third kappa shape index (κ3) is 10.8. The molecule has 0 bridgehead atoms. The average molecular weight is 136 g/mol. The maximum absolute atomic E-state index is 8.20. The van der Waals surface area contributed by atoms with Crippen molar-refractivity contribution in [3.63, 3.8) is 0 Å². The molecule has 0 spiro atoms. The Morgan fingerprint density at radius 2 is 1.86 bits per heavy atom. The molecule has 0 radical (unpaired) electrons. The molecule has 1 nitrogen and oxygen atoms in total. The minimum atomic E-state index is 0. The van der Waals surface area contributed by atoms with Crippen LogP contribution in [-0.4, -0.2) is 11.7 Å². The molecule has 0 saturated carbocycles. The Morgan fingerprint density at radius 3 is 2.00 bits per heavy atom. The smallest absolute Gasteiger partial charge is 0.0431 e. The molecule has 0 aliphatic rings. The van der Waals surface area contributed by atoms with Gasteiger partial charge in [0.1, 0.15) is 0 Å². The van der Waals surface area contributed by atoms with Gasteiger partial charge >= 0.3 is 0 Å². The molecule has 2 heteroatoms. The van der Waals surface area contributed by atoms with Crippen molar-refractivity contribution in [2.75, 3.05) is 6.61 Å². The van der Waals surface area contributed by atoms with E-state index in [9.17, 15) is 0 Å². The second-order valence-electron chi connectivity index (χ2n) is 1.43. The van der Waals surface area contributed by atoms with Crippen molar-refractivity contribution in [2.45, 2.75) is 26.2 Å². The molecule has 0 aromatic rings. The fraction of sp³-hybridized carbons (Fsp3) is 1.00. The van der Waals surface area contributed by atoms with Crippen molar-refractivity contribution >= 4 is 0 Å². The molecule has 0 aromatic carbocycles. The normalized spacial score (nSPS) is 7.71. The predicted molar refractivity (Wildman–Crippen MR) is 26.6 cm³/mol. The van der Waals surface area contributed by atoms with Crippen molar-refractivity contribution in [2.24, 2.45) is 0 Å². The van der Waals surface area contributed by atoms with Crippen molar-refractivity contribution in [3.8, 4) is 0 Å². The summed E-state index contributed by atoms with van der Waals surface area (Å²) in [6.07, 6.45) is 3.33. The topological polar surface area (TPSA) is 20.2 Å². The van der Waals surface area contributed by atoms with Gasteiger partial charge in [-0.3, -0.25) is 0 Å². The molecular formula is C5H12OTi. The Hall–Kier alpha value is 0.674. The Bertz CT molecular complexity index is 20.0. The third-order valence-electron chi connectivity index (χ3n) is 0.762.